The number of benzene rings is 2. The van der Waals surface area contributed by atoms with Crippen molar-refractivity contribution in [1.82, 2.24) is 10.3 Å². The summed E-state index contributed by atoms with van der Waals surface area (Å²) in [6.07, 6.45) is 1.36. The van der Waals surface area contributed by atoms with Gasteiger partial charge in [-0.1, -0.05) is 12.1 Å². The third kappa shape index (κ3) is 3.67. The highest BCUT2D eigenvalue weighted by Gasteiger charge is 2.23. The summed E-state index contributed by atoms with van der Waals surface area (Å²) in [5.41, 5.74) is 4.18. The van der Waals surface area contributed by atoms with Crippen LogP contribution in [0.5, 0.6) is 0 Å². The van der Waals surface area contributed by atoms with E-state index >= 15 is 0 Å². The summed E-state index contributed by atoms with van der Waals surface area (Å²) in [5.74, 6) is -3.54. The Balaban J connectivity index is 2.03. The number of amides is 1. The maximum atomic E-state index is 14.6. The predicted molar refractivity (Wildman–Crippen MR) is 100.0 cm³/mol. The molecule has 0 aliphatic carbocycles. The minimum Gasteiger partial charge on any atom is -0.369 e. The van der Waals surface area contributed by atoms with Crippen molar-refractivity contribution in [3.8, 4) is 0 Å². The van der Waals surface area contributed by atoms with Crippen LogP contribution in [0.15, 0.2) is 47.4 Å². The molecular weight excluding hydrogens is 368 g/mol. The number of fused-ring (bicyclic) bond motifs is 1. The summed E-state index contributed by atoms with van der Waals surface area (Å²) in [4.78, 5) is 38.1. The van der Waals surface area contributed by atoms with Crippen molar-refractivity contribution < 1.29 is 18.4 Å². The van der Waals surface area contributed by atoms with E-state index in [4.69, 9.17) is 5.73 Å². The molecule has 0 aliphatic heterocycles. The van der Waals surface area contributed by atoms with E-state index in [0.29, 0.717) is 5.39 Å². The van der Waals surface area contributed by atoms with Crippen molar-refractivity contribution in [3.05, 3.63) is 81.3 Å². The number of nitrogens with one attached hydrogen (secondary N) is 2. The molecule has 8 heteroatoms. The predicted octanol–water partition coefficient (Wildman–Crippen LogP) is 2.17. The van der Waals surface area contributed by atoms with Crippen molar-refractivity contribution in [2.45, 2.75) is 13.0 Å². The summed E-state index contributed by atoms with van der Waals surface area (Å²) in [5, 5.41) is 3.28. The van der Waals surface area contributed by atoms with Gasteiger partial charge in [0.1, 0.15) is 11.6 Å². The maximum Gasteiger partial charge on any atom is 0.255 e. The molecule has 1 atom stereocenters. The number of carbonyl (C=O) groups excluding carboxylic acids is 2. The Morgan fingerprint density at radius 3 is 2.46 bits per heavy atom. The van der Waals surface area contributed by atoms with Gasteiger partial charge < -0.3 is 16.0 Å². The second-order valence-electron chi connectivity index (χ2n) is 6.33. The zero-order chi connectivity index (χ0) is 20.4. The van der Waals surface area contributed by atoms with E-state index in [1.54, 1.807) is 6.92 Å². The molecule has 1 amide bonds. The van der Waals surface area contributed by atoms with Crippen LogP contribution in [-0.4, -0.2) is 23.2 Å². The summed E-state index contributed by atoms with van der Waals surface area (Å²) in [6, 6.07) is 7.42. The molecule has 0 saturated carbocycles. The van der Waals surface area contributed by atoms with Crippen LogP contribution in [-0.2, 0) is 4.79 Å². The maximum absolute atomic E-state index is 14.6. The van der Waals surface area contributed by atoms with Crippen LogP contribution in [0.25, 0.3) is 10.8 Å². The number of nitrogens with two attached hydrogens (primary N) is 1. The Kier molecular flexibility index (Phi) is 5.32. The van der Waals surface area contributed by atoms with E-state index < -0.39 is 40.5 Å². The van der Waals surface area contributed by atoms with Crippen molar-refractivity contribution in [2.24, 2.45) is 5.73 Å². The first kappa shape index (κ1) is 19.4. The minimum absolute atomic E-state index is 0.0223. The van der Waals surface area contributed by atoms with Crippen molar-refractivity contribution >= 4 is 22.5 Å². The van der Waals surface area contributed by atoms with Crippen LogP contribution in [0.1, 0.15) is 34.5 Å². The smallest absolute Gasteiger partial charge is 0.255 e. The van der Waals surface area contributed by atoms with Gasteiger partial charge >= 0.3 is 0 Å². The third-order valence-corrected chi connectivity index (χ3v) is 4.43. The molecule has 1 aromatic heterocycles. The van der Waals surface area contributed by atoms with Crippen LogP contribution in [0.3, 0.4) is 0 Å². The number of primary amides is 1. The zero-order valence-electron chi connectivity index (χ0n) is 14.9. The second kappa shape index (κ2) is 7.69. The largest absolute Gasteiger partial charge is 0.369 e. The number of H-pyrrole nitrogens is 1. The SMILES string of the molecule is C[C@@H](NCC(N)=O)c1cc(F)c(C(=O)c2cccc3c(=O)[nH]ccc23)c(F)c1. The molecule has 3 rings (SSSR count). The number of carbonyl (C=O) groups is 2. The number of ketones is 1. The summed E-state index contributed by atoms with van der Waals surface area (Å²) < 4.78 is 29.3. The first-order chi connectivity index (χ1) is 13.3. The van der Waals surface area contributed by atoms with E-state index in [-0.39, 0.29) is 23.1 Å². The van der Waals surface area contributed by atoms with Gasteiger partial charge in [0, 0.05) is 23.2 Å². The second-order valence-corrected chi connectivity index (χ2v) is 6.33. The fraction of sp³-hybridized carbons (Fsp3) is 0.150. The first-order valence-corrected chi connectivity index (χ1v) is 8.45. The Bertz CT molecular complexity index is 1120. The Morgan fingerprint density at radius 1 is 1.14 bits per heavy atom. The molecule has 0 radical (unpaired) electrons. The van der Waals surface area contributed by atoms with Gasteiger partial charge in [-0.15, -0.1) is 0 Å². The van der Waals surface area contributed by atoms with Crippen LogP contribution in [0.2, 0.25) is 0 Å². The van der Waals surface area contributed by atoms with E-state index in [1.165, 1.54) is 30.5 Å². The number of halogens is 2. The molecule has 1 heterocycles. The molecule has 0 saturated heterocycles. The molecule has 0 aliphatic rings. The quantitative estimate of drug-likeness (QED) is 0.566. The molecule has 6 nitrogen and oxygen atoms in total. The van der Waals surface area contributed by atoms with E-state index in [0.717, 1.165) is 12.1 Å². The van der Waals surface area contributed by atoms with Gasteiger partial charge in [-0.3, -0.25) is 14.4 Å². The summed E-state index contributed by atoms with van der Waals surface area (Å²) >= 11 is 0. The lowest BCUT2D eigenvalue weighted by Crippen LogP contribution is -2.30. The number of pyridine rings is 1. The normalized spacial score (nSPS) is 12.1. The van der Waals surface area contributed by atoms with Crippen LogP contribution in [0.4, 0.5) is 8.78 Å². The van der Waals surface area contributed by atoms with Gasteiger partial charge in [0.2, 0.25) is 5.91 Å². The van der Waals surface area contributed by atoms with Crippen LogP contribution in [0, 0.1) is 11.6 Å². The fourth-order valence-corrected chi connectivity index (χ4v) is 2.99. The molecule has 0 unspecified atom stereocenters. The highest BCUT2D eigenvalue weighted by Crippen LogP contribution is 2.25. The summed E-state index contributed by atoms with van der Waals surface area (Å²) in [6.45, 7) is 1.45. The summed E-state index contributed by atoms with van der Waals surface area (Å²) in [7, 11) is 0. The van der Waals surface area contributed by atoms with Gasteiger partial charge in [-0.05, 0) is 42.1 Å². The monoisotopic (exact) mass is 385 g/mol. The topological polar surface area (TPSA) is 105 Å². The molecule has 144 valence electrons. The number of aromatic amines is 1. The van der Waals surface area contributed by atoms with Gasteiger partial charge in [-0.2, -0.15) is 0 Å². The number of hydrogen-bond acceptors (Lipinski definition) is 4. The molecule has 0 bridgehead atoms. The molecule has 0 spiro atoms. The van der Waals surface area contributed by atoms with Crippen LogP contribution < -0.4 is 16.6 Å². The number of aromatic nitrogens is 1. The van der Waals surface area contributed by atoms with Gasteiger partial charge in [0.05, 0.1) is 12.1 Å². The Hall–Kier alpha value is -3.39. The van der Waals surface area contributed by atoms with E-state index in [2.05, 4.69) is 10.3 Å². The highest BCUT2D eigenvalue weighted by molar-refractivity contribution is 6.16. The molecule has 2 aromatic carbocycles. The van der Waals surface area contributed by atoms with Gasteiger partial charge in [0.25, 0.3) is 5.56 Å². The average Bonchev–Trinajstić information content (AvgIpc) is 2.65. The molecule has 0 fully saturated rings. The lowest BCUT2D eigenvalue weighted by Gasteiger charge is -2.15. The standard InChI is InChI=1S/C20H17F2N3O3/c1-10(25-9-17(23)26)11-7-15(21)18(16(22)8-11)19(27)13-3-2-4-14-12(13)5-6-24-20(14)28/h2-8,10,25H,9H2,1H3,(H2,23,26)(H,24,28)/t10-/m1/s1. The average molecular weight is 385 g/mol. The first-order valence-electron chi connectivity index (χ1n) is 8.45. The fourth-order valence-electron chi connectivity index (χ4n) is 2.99. The van der Waals surface area contributed by atoms with E-state index in [9.17, 15) is 23.2 Å². The van der Waals surface area contributed by atoms with Crippen molar-refractivity contribution in [1.29, 1.82) is 0 Å². The van der Waals surface area contributed by atoms with Gasteiger partial charge in [0.15, 0.2) is 5.78 Å². The molecular formula is C20H17F2N3O3. The molecule has 3 aromatic rings. The van der Waals surface area contributed by atoms with Gasteiger partial charge in [-0.25, -0.2) is 8.78 Å². The van der Waals surface area contributed by atoms with E-state index in [1.807, 2.05) is 0 Å². The molecule has 28 heavy (non-hydrogen) atoms. The lowest BCUT2D eigenvalue weighted by atomic mass is 9.95. The third-order valence-electron chi connectivity index (χ3n) is 4.43. The van der Waals surface area contributed by atoms with Crippen LogP contribution >= 0.6 is 0 Å². The molecule has 4 N–H and O–H groups in total. The highest BCUT2D eigenvalue weighted by atomic mass is 19.1. The Labute approximate surface area is 158 Å². The number of hydrogen-bond donors (Lipinski definition) is 3. The number of rotatable bonds is 6. The Morgan fingerprint density at radius 2 is 1.82 bits per heavy atom. The zero-order valence-corrected chi connectivity index (χ0v) is 14.9. The minimum atomic E-state index is -1.03. The van der Waals surface area contributed by atoms with Crippen molar-refractivity contribution in [2.75, 3.05) is 6.54 Å². The van der Waals surface area contributed by atoms with Crippen molar-refractivity contribution in [3.63, 3.8) is 0 Å². The lowest BCUT2D eigenvalue weighted by molar-refractivity contribution is -0.117.